The van der Waals surface area contributed by atoms with Crippen molar-refractivity contribution in [2.45, 2.75) is 13.3 Å². The zero-order valence-electron chi connectivity index (χ0n) is 8.41. The minimum atomic E-state index is 0. The van der Waals surface area contributed by atoms with Gasteiger partial charge in [-0.25, -0.2) is 0 Å². The molecule has 1 aromatic rings. The summed E-state index contributed by atoms with van der Waals surface area (Å²) in [5.74, 6) is 0.248. The number of fused-ring (bicyclic) bond motifs is 1. The molecule has 3 nitrogen and oxygen atoms in total. The summed E-state index contributed by atoms with van der Waals surface area (Å²) in [5.41, 5.74) is 7.84. The third-order valence-corrected chi connectivity index (χ3v) is 2.69. The van der Waals surface area contributed by atoms with Crippen molar-refractivity contribution in [1.82, 2.24) is 0 Å². The van der Waals surface area contributed by atoms with E-state index in [0.29, 0.717) is 12.0 Å². The van der Waals surface area contributed by atoms with Crippen LogP contribution in [0.5, 0.6) is 0 Å². The molecule has 15 heavy (non-hydrogen) atoms. The van der Waals surface area contributed by atoms with Gasteiger partial charge in [0, 0.05) is 17.0 Å². The summed E-state index contributed by atoms with van der Waals surface area (Å²) in [6, 6.07) is 5.39. The smallest absolute Gasteiger partial charge is 0.166 e. The van der Waals surface area contributed by atoms with Crippen LogP contribution < -0.4 is 5.73 Å². The predicted octanol–water partition coefficient (Wildman–Crippen LogP) is 1.77. The minimum absolute atomic E-state index is 0. The second kappa shape index (κ2) is 4.03. The highest BCUT2D eigenvalue weighted by Gasteiger charge is 2.28. The summed E-state index contributed by atoms with van der Waals surface area (Å²) < 4.78 is 0. The standard InChI is InChI=1S/C11H12N2O.ClH/c1-6-5-9-7(10(6)14)3-2-4-8(9)11(12)13;/h2-4,6H,5H2,1H3,(H3,12,13);1H. The molecule has 0 aromatic heterocycles. The number of carbonyl (C=O) groups excluding carboxylic acids is 1. The van der Waals surface area contributed by atoms with Crippen LogP contribution in [0, 0.1) is 11.3 Å². The Morgan fingerprint density at radius 2 is 2.20 bits per heavy atom. The molecule has 4 heteroatoms. The molecule has 3 N–H and O–H groups in total. The number of hydrogen-bond acceptors (Lipinski definition) is 2. The van der Waals surface area contributed by atoms with Crippen molar-refractivity contribution < 1.29 is 4.79 Å². The van der Waals surface area contributed by atoms with Gasteiger partial charge in [-0.15, -0.1) is 12.4 Å². The molecule has 0 heterocycles. The Balaban J connectivity index is 0.00000112. The van der Waals surface area contributed by atoms with Crippen LogP contribution in [0.25, 0.3) is 0 Å². The Kier molecular flexibility index (Phi) is 3.15. The molecule has 1 aliphatic rings. The van der Waals surface area contributed by atoms with E-state index in [-0.39, 0.29) is 29.9 Å². The van der Waals surface area contributed by atoms with Gasteiger partial charge in [-0.05, 0) is 12.0 Å². The number of nitrogen functional groups attached to an aromatic ring is 1. The van der Waals surface area contributed by atoms with Crippen molar-refractivity contribution in [2.24, 2.45) is 11.7 Å². The Hall–Kier alpha value is -1.35. The van der Waals surface area contributed by atoms with Crippen molar-refractivity contribution in [2.75, 3.05) is 0 Å². The molecule has 0 radical (unpaired) electrons. The Labute approximate surface area is 94.6 Å². The van der Waals surface area contributed by atoms with E-state index in [2.05, 4.69) is 0 Å². The average molecular weight is 225 g/mol. The fourth-order valence-corrected chi connectivity index (χ4v) is 1.95. The quantitative estimate of drug-likeness (QED) is 0.564. The largest absolute Gasteiger partial charge is 0.384 e. The lowest BCUT2D eigenvalue weighted by Crippen LogP contribution is -2.13. The van der Waals surface area contributed by atoms with E-state index in [9.17, 15) is 4.79 Å². The summed E-state index contributed by atoms with van der Waals surface area (Å²) in [6.45, 7) is 1.91. The molecule has 0 bridgehead atoms. The minimum Gasteiger partial charge on any atom is -0.384 e. The maximum Gasteiger partial charge on any atom is 0.166 e. The lowest BCUT2D eigenvalue weighted by atomic mass is 10.0. The number of hydrogen-bond donors (Lipinski definition) is 2. The van der Waals surface area contributed by atoms with E-state index >= 15 is 0 Å². The third-order valence-electron chi connectivity index (χ3n) is 2.69. The van der Waals surface area contributed by atoms with Gasteiger partial charge in [0.25, 0.3) is 0 Å². The summed E-state index contributed by atoms with van der Waals surface area (Å²) in [5, 5.41) is 7.40. The SMILES string of the molecule is CC1Cc2c(C(=N)N)cccc2C1=O.Cl. The second-order valence-corrected chi connectivity index (χ2v) is 3.71. The zero-order chi connectivity index (χ0) is 10.3. The van der Waals surface area contributed by atoms with E-state index in [4.69, 9.17) is 11.1 Å². The molecule has 2 rings (SSSR count). The first kappa shape index (κ1) is 11.7. The maximum atomic E-state index is 11.7. The first-order chi connectivity index (χ1) is 6.61. The van der Waals surface area contributed by atoms with Crippen molar-refractivity contribution in [1.29, 1.82) is 5.41 Å². The number of rotatable bonds is 1. The molecule has 0 amide bonds. The van der Waals surface area contributed by atoms with Crippen LogP contribution in [0.1, 0.15) is 28.4 Å². The fourth-order valence-electron chi connectivity index (χ4n) is 1.95. The Morgan fingerprint density at radius 3 is 2.80 bits per heavy atom. The molecule has 1 aliphatic carbocycles. The normalized spacial score (nSPS) is 18.2. The number of halogens is 1. The van der Waals surface area contributed by atoms with Crippen molar-refractivity contribution in [3.63, 3.8) is 0 Å². The number of benzene rings is 1. The van der Waals surface area contributed by atoms with Crippen molar-refractivity contribution in [3.05, 3.63) is 34.9 Å². The molecular weight excluding hydrogens is 212 g/mol. The van der Waals surface area contributed by atoms with Gasteiger partial charge in [0.05, 0.1) is 0 Å². The van der Waals surface area contributed by atoms with Gasteiger partial charge in [0.15, 0.2) is 5.78 Å². The van der Waals surface area contributed by atoms with Gasteiger partial charge < -0.3 is 5.73 Å². The molecule has 0 spiro atoms. The van der Waals surface area contributed by atoms with Gasteiger partial charge in [0.2, 0.25) is 0 Å². The Bertz CT molecular complexity index is 429. The third kappa shape index (κ3) is 1.75. The summed E-state index contributed by atoms with van der Waals surface area (Å²) in [6.07, 6.45) is 0.712. The highest BCUT2D eigenvalue weighted by molar-refractivity contribution is 6.06. The molecule has 0 aliphatic heterocycles. The van der Waals surface area contributed by atoms with Crippen molar-refractivity contribution >= 4 is 24.0 Å². The van der Waals surface area contributed by atoms with Gasteiger partial charge in [0.1, 0.15) is 5.84 Å². The van der Waals surface area contributed by atoms with Gasteiger partial charge in [-0.3, -0.25) is 10.2 Å². The van der Waals surface area contributed by atoms with Crippen LogP contribution in [0.4, 0.5) is 0 Å². The van der Waals surface area contributed by atoms with E-state index in [1.807, 2.05) is 13.0 Å². The van der Waals surface area contributed by atoms with E-state index in [0.717, 1.165) is 11.1 Å². The molecule has 80 valence electrons. The lowest BCUT2D eigenvalue weighted by Gasteiger charge is -2.04. The Morgan fingerprint density at radius 1 is 1.53 bits per heavy atom. The molecule has 0 saturated carbocycles. The van der Waals surface area contributed by atoms with Gasteiger partial charge in [-0.1, -0.05) is 25.1 Å². The molecule has 0 fully saturated rings. The number of nitrogens with two attached hydrogens (primary N) is 1. The fraction of sp³-hybridized carbons (Fsp3) is 0.273. The van der Waals surface area contributed by atoms with Crippen LogP contribution in [0.15, 0.2) is 18.2 Å². The molecule has 1 aromatic carbocycles. The van der Waals surface area contributed by atoms with E-state index < -0.39 is 0 Å². The van der Waals surface area contributed by atoms with Crippen LogP contribution in [0.3, 0.4) is 0 Å². The van der Waals surface area contributed by atoms with Gasteiger partial charge in [-0.2, -0.15) is 0 Å². The number of ketones is 1. The first-order valence-corrected chi connectivity index (χ1v) is 4.61. The molecule has 0 saturated heterocycles. The molecule has 1 unspecified atom stereocenters. The van der Waals surface area contributed by atoms with Crippen LogP contribution >= 0.6 is 12.4 Å². The number of Topliss-reactive ketones (excluding diaryl/α,β-unsaturated/α-hetero) is 1. The summed E-state index contributed by atoms with van der Waals surface area (Å²) in [7, 11) is 0. The van der Waals surface area contributed by atoms with E-state index in [1.54, 1.807) is 12.1 Å². The number of nitrogens with one attached hydrogen (secondary N) is 1. The number of carbonyl (C=O) groups is 1. The molecular formula is C11H13ClN2O. The summed E-state index contributed by atoms with van der Waals surface area (Å²) in [4.78, 5) is 11.7. The van der Waals surface area contributed by atoms with Crippen molar-refractivity contribution in [3.8, 4) is 0 Å². The first-order valence-electron chi connectivity index (χ1n) is 4.61. The van der Waals surface area contributed by atoms with Crippen LogP contribution in [-0.2, 0) is 6.42 Å². The van der Waals surface area contributed by atoms with Crippen LogP contribution in [0.2, 0.25) is 0 Å². The van der Waals surface area contributed by atoms with E-state index in [1.165, 1.54) is 0 Å². The highest BCUT2D eigenvalue weighted by Crippen LogP contribution is 2.28. The number of amidine groups is 1. The van der Waals surface area contributed by atoms with Gasteiger partial charge >= 0.3 is 0 Å². The van der Waals surface area contributed by atoms with Crippen LogP contribution in [-0.4, -0.2) is 11.6 Å². The lowest BCUT2D eigenvalue weighted by molar-refractivity contribution is 0.0946. The zero-order valence-corrected chi connectivity index (χ0v) is 9.23. The second-order valence-electron chi connectivity index (χ2n) is 3.71. The maximum absolute atomic E-state index is 11.7. The monoisotopic (exact) mass is 224 g/mol. The molecule has 1 atom stereocenters. The predicted molar refractivity (Wildman–Crippen MR) is 61.9 cm³/mol. The topological polar surface area (TPSA) is 66.9 Å². The highest BCUT2D eigenvalue weighted by atomic mass is 35.5. The summed E-state index contributed by atoms with van der Waals surface area (Å²) >= 11 is 0. The average Bonchev–Trinajstić information content (AvgIpc) is 2.43.